The first-order valence-corrected chi connectivity index (χ1v) is 6.43. The monoisotopic (exact) mass is 258 g/mol. The molecule has 0 radical (unpaired) electrons. The van der Waals surface area contributed by atoms with Gasteiger partial charge in [0.1, 0.15) is 11.0 Å². The van der Waals surface area contributed by atoms with Gasteiger partial charge in [-0.25, -0.2) is 9.78 Å². The van der Waals surface area contributed by atoms with Crippen LogP contribution in [0.5, 0.6) is 0 Å². The molecule has 6 heteroatoms. The topological polar surface area (TPSA) is 53.4 Å². The summed E-state index contributed by atoms with van der Waals surface area (Å²) in [5.74, 6) is 1.76. The highest BCUT2D eigenvalue weighted by Crippen LogP contribution is 2.21. The Labute approximate surface area is 103 Å². The Bertz CT molecular complexity index is 408. The predicted molar refractivity (Wildman–Crippen MR) is 65.7 cm³/mol. The van der Waals surface area contributed by atoms with Crippen molar-refractivity contribution in [1.29, 1.82) is 0 Å². The quantitative estimate of drug-likeness (QED) is 0.823. The van der Waals surface area contributed by atoms with E-state index < -0.39 is 5.97 Å². The highest BCUT2D eigenvalue weighted by Gasteiger charge is 2.15. The summed E-state index contributed by atoms with van der Waals surface area (Å²) in [5, 5.41) is 9.15. The van der Waals surface area contributed by atoms with E-state index in [1.54, 1.807) is 6.07 Å². The number of carbonyl (C=O) groups is 1. The van der Waals surface area contributed by atoms with E-state index in [9.17, 15) is 4.79 Å². The molecular weight excluding hydrogens is 248 g/mol. The maximum Gasteiger partial charge on any atom is 0.335 e. The van der Waals surface area contributed by atoms with Crippen LogP contribution in [0.15, 0.2) is 12.1 Å². The molecule has 16 heavy (non-hydrogen) atoms. The second-order valence-electron chi connectivity index (χ2n) is 3.44. The molecule has 0 bridgehead atoms. The zero-order chi connectivity index (χ0) is 11.5. The highest BCUT2D eigenvalue weighted by atomic mass is 35.5. The van der Waals surface area contributed by atoms with Crippen LogP contribution < -0.4 is 4.90 Å². The van der Waals surface area contributed by atoms with Crippen molar-refractivity contribution in [3.8, 4) is 0 Å². The lowest BCUT2D eigenvalue weighted by Gasteiger charge is -2.27. The van der Waals surface area contributed by atoms with Crippen molar-refractivity contribution < 1.29 is 9.90 Å². The Kier molecular flexibility index (Phi) is 3.56. The minimum Gasteiger partial charge on any atom is -0.478 e. The minimum absolute atomic E-state index is 0.188. The Balaban J connectivity index is 2.28. The van der Waals surface area contributed by atoms with Gasteiger partial charge in [0.05, 0.1) is 5.56 Å². The number of halogens is 1. The smallest absolute Gasteiger partial charge is 0.335 e. The molecule has 86 valence electrons. The number of thioether (sulfide) groups is 1. The second kappa shape index (κ2) is 4.93. The van der Waals surface area contributed by atoms with Gasteiger partial charge in [-0.1, -0.05) is 11.6 Å². The van der Waals surface area contributed by atoms with Crippen LogP contribution in [0.3, 0.4) is 0 Å². The summed E-state index contributed by atoms with van der Waals surface area (Å²) in [7, 11) is 0. The van der Waals surface area contributed by atoms with Crippen LogP contribution in [-0.2, 0) is 0 Å². The van der Waals surface area contributed by atoms with Crippen molar-refractivity contribution in [2.45, 2.75) is 0 Å². The summed E-state index contributed by atoms with van der Waals surface area (Å²) < 4.78 is 0. The van der Waals surface area contributed by atoms with Gasteiger partial charge in [0.2, 0.25) is 0 Å². The molecule has 1 N–H and O–H groups in total. The van der Waals surface area contributed by atoms with Gasteiger partial charge < -0.3 is 10.0 Å². The fraction of sp³-hybridized carbons (Fsp3) is 0.400. The summed E-state index contributed by atoms with van der Waals surface area (Å²) in [6, 6.07) is 2.94. The van der Waals surface area contributed by atoms with Gasteiger partial charge in [0.25, 0.3) is 0 Å². The van der Waals surface area contributed by atoms with Crippen LogP contribution in [0.1, 0.15) is 10.4 Å². The van der Waals surface area contributed by atoms with E-state index in [-0.39, 0.29) is 10.7 Å². The normalized spacial score (nSPS) is 16.2. The molecule has 0 unspecified atom stereocenters. The van der Waals surface area contributed by atoms with E-state index >= 15 is 0 Å². The Morgan fingerprint density at radius 1 is 1.44 bits per heavy atom. The molecule has 0 aliphatic carbocycles. The number of aromatic nitrogens is 1. The van der Waals surface area contributed by atoms with Gasteiger partial charge >= 0.3 is 5.97 Å². The summed E-state index contributed by atoms with van der Waals surface area (Å²) in [4.78, 5) is 17.1. The average Bonchev–Trinajstić information content (AvgIpc) is 2.29. The van der Waals surface area contributed by atoms with Crippen LogP contribution in [0.4, 0.5) is 5.82 Å². The van der Waals surface area contributed by atoms with Gasteiger partial charge in [-0.2, -0.15) is 11.8 Å². The fourth-order valence-electron chi connectivity index (χ4n) is 1.56. The summed E-state index contributed by atoms with van der Waals surface area (Å²) in [6.07, 6.45) is 0. The molecule has 1 fully saturated rings. The SMILES string of the molecule is O=C(O)c1cc(Cl)nc(N2CCSCC2)c1. The summed E-state index contributed by atoms with van der Waals surface area (Å²) in [6.45, 7) is 1.77. The summed E-state index contributed by atoms with van der Waals surface area (Å²) >= 11 is 7.70. The van der Waals surface area contributed by atoms with Gasteiger partial charge in [-0.15, -0.1) is 0 Å². The van der Waals surface area contributed by atoms with Crippen molar-refractivity contribution in [3.05, 3.63) is 22.8 Å². The van der Waals surface area contributed by atoms with Crippen LogP contribution >= 0.6 is 23.4 Å². The average molecular weight is 259 g/mol. The van der Waals surface area contributed by atoms with Gasteiger partial charge in [0, 0.05) is 24.6 Å². The third kappa shape index (κ3) is 2.59. The number of carboxylic acids is 1. The largest absolute Gasteiger partial charge is 0.478 e. The molecule has 0 aromatic carbocycles. The first kappa shape index (κ1) is 11.5. The van der Waals surface area contributed by atoms with E-state index in [1.165, 1.54) is 6.07 Å². The van der Waals surface area contributed by atoms with E-state index in [0.717, 1.165) is 24.6 Å². The maximum atomic E-state index is 10.9. The minimum atomic E-state index is -0.975. The van der Waals surface area contributed by atoms with Crippen LogP contribution in [0, 0.1) is 0 Å². The maximum absolute atomic E-state index is 10.9. The number of hydrogen-bond donors (Lipinski definition) is 1. The highest BCUT2D eigenvalue weighted by molar-refractivity contribution is 7.99. The van der Waals surface area contributed by atoms with E-state index in [1.807, 2.05) is 11.8 Å². The lowest BCUT2D eigenvalue weighted by atomic mass is 10.2. The molecule has 1 aromatic rings. The van der Waals surface area contributed by atoms with E-state index in [0.29, 0.717) is 5.82 Å². The Morgan fingerprint density at radius 3 is 2.75 bits per heavy atom. The third-order valence-electron chi connectivity index (χ3n) is 2.36. The van der Waals surface area contributed by atoms with Crippen molar-refractivity contribution in [3.63, 3.8) is 0 Å². The van der Waals surface area contributed by atoms with Crippen LogP contribution in [-0.4, -0.2) is 40.7 Å². The Hall–Kier alpha value is -0.940. The molecule has 1 aromatic heterocycles. The van der Waals surface area contributed by atoms with Crippen LogP contribution in [0.2, 0.25) is 5.15 Å². The van der Waals surface area contributed by atoms with Gasteiger partial charge in [-0.05, 0) is 12.1 Å². The zero-order valence-electron chi connectivity index (χ0n) is 8.52. The lowest BCUT2D eigenvalue weighted by Crippen LogP contribution is -2.33. The molecule has 0 atom stereocenters. The Morgan fingerprint density at radius 2 is 2.12 bits per heavy atom. The second-order valence-corrected chi connectivity index (χ2v) is 5.05. The van der Waals surface area contributed by atoms with Crippen LogP contribution in [0.25, 0.3) is 0 Å². The first-order valence-electron chi connectivity index (χ1n) is 4.90. The zero-order valence-corrected chi connectivity index (χ0v) is 10.1. The number of anilines is 1. The molecule has 1 aliphatic rings. The molecule has 0 amide bonds. The molecule has 0 spiro atoms. The van der Waals surface area contributed by atoms with E-state index in [2.05, 4.69) is 9.88 Å². The first-order chi connectivity index (χ1) is 7.66. The van der Waals surface area contributed by atoms with Gasteiger partial charge in [0.15, 0.2) is 0 Å². The molecule has 4 nitrogen and oxygen atoms in total. The number of pyridine rings is 1. The molecule has 1 aliphatic heterocycles. The molecule has 1 saturated heterocycles. The summed E-state index contributed by atoms with van der Waals surface area (Å²) in [5.41, 5.74) is 0.188. The number of nitrogens with zero attached hydrogens (tertiary/aromatic N) is 2. The van der Waals surface area contributed by atoms with Crippen molar-refractivity contribution in [2.75, 3.05) is 29.5 Å². The number of carboxylic acid groups (broad SMARTS) is 1. The molecule has 2 heterocycles. The number of rotatable bonds is 2. The standard InChI is InChI=1S/C10H11ClN2O2S/c11-8-5-7(10(14)15)6-9(12-8)13-1-3-16-4-2-13/h5-6H,1-4H2,(H,14,15). The molecule has 2 rings (SSSR count). The van der Waals surface area contributed by atoms with Gasteiger partial charge in [-0.3, -0.25) is 0 Å². The lowest BCUT2D eigenvalue weighted by molar-refractivity contribution is 0.0697. The third-order valence-corrected chi connectivity index (χ3v) is 3.50. The molecular formula is C10H11ClN2O2S. The fourth-order valence-corrected chi connectivity index (χ4v) is 2.67. The van der Waals surface area contributed by atoms with Crippen molar-refractivity contribution in [2.24, 2.45) is 0 Å². The number of hydrogen-bond acceptors (Lipinski definition) is 4. The van der Waals surface area contributed by atoms with Crippen molar-refractivity contribution >= 4 is 35.1 Å². The van der Waals surface area contributed by atoms with E-state index in [4.69, 9.17) is 16.7 Å². The molecule has 0 saturated carbocycles. The predicted octanol–water partition coefficient (Wildman–Crippen LogP) is 1.99. The van der Waals surface area contributed by atoms with Crippen molar-refractivity contribution in [1.82, 2.24) is 4.98 Å². The number of aromatic carboxylic acids is 1.